The Balaban J connectivity index is 1.96. The van der Waals surface area contributed by atoms with Gasteiger partial charge in [-0.05, 0) is 18.2 Å². The maximum absolute atomic E-state index is 14.4. The number of carbonyl (C=O) groups excluding carboxylic acids is 2. The number of hydrogen-bond acceptors (Lipinski definition) is 4. The highest BCUT2D eigenvalue weighted by atomic mass is 35.5. The van der Waals surface area contributed by atoms with E-state index in [0.29, 0.717) is 23.7 Å². The Labute approximate surface area is 148 Å². The molecule has 0 saturated heterocycles. The van der Waals surface area contributed by atoms with Crippen LogP contribution in [0.1, 0.15) is 23.0 Å². The Bertz CT molecular complexity index is 810. The largest absolute Gasteiger partial charge is 0.468 e. The topological polar surface area (TPSA) is 87.3 Å². The van der Waals surface area contributed by atoms with Crippen LogP contribution in [0.2, 0.25) is 5.02 Å². The van der Waals surface area contributed by atoms with Gasteiger partial charge in [-0.2, -0.15) is 0 Å². The summed E-state index contributed by atoms with van der Waals surface area (Å²) in [6.45, 7) is 0.0584. The molecule has 0 saturated carbocycles. The molecule has 1 aliphatic rings. The first-order valence-corrected chi connectivity index (χ1v) is 7.97. The van der Waals surface area contributed by atoms with Gasteiger partial charge >= 0.3 is 12.0 Å². The third kappa shape index (κ3) is 3.43. The number of halogens is 2. The molecule has 0 bridgehead atoms. The van der Waals surface area contributed by atoms with Crippen LogP contribution in [-0.4, -0.2) is 47.1 Å². The zero-order valence-corrected chi connectivity index (χ0v) is 14.1. The molecule has 7 nitrogen and oxygen atoms in total. The highest BCUT2D eigenvalue weighted by Gasteiger charge is 2.35. The molecule has 0 spiro atoms. The molecule has 2 heterocycles. The van der Waals surface area contributed by atoms with Gasteiger partial charge in [0.15, 0.2) is 0 Å². The number of H-pyrrole nitrogens is 1. The van der Waals surface area contributed by atoms with Crippen LogP contribution in [0, 0.1) is 5.82 Å². The van der Waals surface area contributed by atoms with Crippen LogP contribution in [0.4, 0.5) is 9.18 Å². The molecular formula is C16H16ClFN4O3. The highest BCUT2D eigenvalue weighted by Crippen LogP contribution is 2.35. The van der Waals surface area contributed by atoms with Crippen molar-refractivity contribution in [2.75, 3.05) is 20.2 Å². The van der Waals surface area contributed by atoms with Crippen LogP contribution in [-0.2, 0) is 16.0 Å². The number of fused-ring (bicyclic) bond motifs is 1. The zero-order valence-electron chi connectivity index (χ0n) is 13.4. The lowest BCUT2D eigenvalue weighted by atomic mass is 9.95. The normalized spacial score (nSPS) is 16.3. The molecule has 1 aliphatic heterocycles. The lowest BCUT2D eigenvalue weighted by molar-refractivity contribution is -0.139. The van der Waals surface area contributed by atoms with Gasteiger partial charge in [-0.3, -0.25) is 4.79 Å². The molecule has 9 heteroatoms. The van der Waals surface area contributed by atoms with Crippen molar-refractivity contribution in [3.63, 3.8) is 0 Å². The summed E-state index contributed by atoms with van der Waals surface area (Å²) in [5, 5.41) is 2.83. The lowest BCUT2D eigenvalue weighted by Gasteiger charge is -2.35. The maximum Gasteiger partial charge on any atom is 0.325 e. The number of nitrogens with zero attached hydrogens (tertiary/aromatic N) is 2. The number of hydrogen-bond donors (Lipinski definition) is 2. The van der Waals surface area contributed by atoms with Crippen LogP contribution >= 0.6 is 11.6 Å². The molecule has 3 rings (SSSR count). The van der Waals surface area contributed by atoms with E-state index in [-0.39, 0.29) is 12.1 Å². The van der Waals surface area contributed by atoms with Gasteiger partial charge in [0, 0.05) is 29.2 Å². The number of esters is 1. The monoisotopic (exact) mass is 366 g/mol. The number of urea groups is 1. The standard InChI is InChI=1S/C16H16ClFN4O3/c1-25-13(23)7-19-16(24)22-5-4-12-14(21-8-20-12)15(22)10-6-9(17)2-3-11(10)18/h2-3,6,8,15H,4-5,7H2,1H3,(H,19,24)(H,20,21)/t15-/m1/s1. The second-order valence-corrected chi connectivity index (χ2v) is 5.95. The number of carbonyl (C=O) groups is 2. The molecule has 1 aromatic carbocycles. The summed E-state index contributed by atoms with van der Waals surface area (Å²) in [5.74, 6) is -1.06. The predicted molar refractivity (Wildman–Crippen MR) is 87.7 cm³/mol. The van der Waals surface area contributed by atoms with Crippen molar-refractivity contribution >= 4 is 23.6 Å². The minimum atomic E-state index is -0.744. The number of aromatic nitrogens is 2. The van der Waals surface area contributed by atoms with Crippen molar-refractivity contribution in [2.24, 2.45) is 0 Å². The summed E-state index contributed by atoms with van der Waals surface area (Å²) in [6, 6.07) is 2.92. The van der Waals surface area contributed by atoms with E-state index >= 15 is 0 Å². The fraction of sp³-hybridized carbons (Fsp3) is 0.312. The fourth-order valence-electron chi connectivity index (χ4n) is 2.86. The van der Waals surface area contributed by atoms with Crippen LogP contribution in [0.3, 0.4) is 0 Å². The second-order valence-electron chi connectivity index (χ2n) is 5.51. The highest BCUT2D eigenvalue weighted by molar-refractivity contribution is 6.30. The fourth-order valence-corrected chi connectivity index (χ4v) is 3.04. The third-order valence-corrected chi connectivity index (χ3v) is 4.29. The number of nitrogens with one attached hydrogen (secondary N) is 2. The summed E-state index contributed by atoms with van der Waals surface area (Å²) >= 11 is 6.01. The lowest BCUT2D eigenvalue weighted by Crippen LogP contribution is -2.47. The summed E-state index contributed by atoms with van der Waals surface area (Å²) in [5.41, 5.74) is 1.63. The molecule has 2 aromatic rings. The van der Waals surface area contributed by atoms with Gasteiger partial charge in [-0.25, -0.2) is 14.2 Å². The number of rotatable bonds is 3. The van der Waals surface area contributed by atoms with E-state index in [4.69, 9.17) is 11.6 Å². The van der Waals surface area contributed by atoms with Crippen molar-refractivity contribution < 1.29 is 18.7 Å². The van der Waals surface area contributed by atoms with Crippen LogP contribution in [0.25, 0.3) is 0 Å². The number of benzene rings is 1. The molecule has 25 heavy (non-hydrogen) atoms. The Morgan fingerprint density at radius 1 is 1.52 bits per heavy atom. The van der Waals surface area contributed by atoms with Gasteiger partial charge in [0.05, 0.1) is 19.1 Å². The van der Waals surface area contributed by atoms with E-state index in [1.807, 2.05) is 0 Å². The molecule has 0 radical (unpaired) electrons. The number of ether oxygens (including phenoxy) is 1. The first-order chi connectivity index (χ1) is 12.0. The van der Waals surface area contributed by atoms with Gasteiger partial charge in [0.2, 0.25) is 0 Å². The van der Waals surface area contributed by atoms with Crippen molar-refractivity contribution in [1.29, 1.82) is 0 Å². The minimum Gasteiger partial charge on any atom is -0.468 e. The van der Waals surface area contributed by atoms with Crippen LogP contribution < -0.4 is 5.32 Å². The maximum atomic E-state index is 14.4. The van der Waals surface area contributed by atoms with E-state index < -0.39 is 23.9 Å². The van der Waals surface area contributed by atoms with Gasteiger partial charge in [-0.1, -0.05) is 11.6 Å². The number of imidazole rings is 1. The summed E-state index contributed by atoms with van der Waals surface area (Å²) < 4.78 is 18.9. The summed E-state index contributed by atoms with van der Waals surface area (Å²) in [7, 11) is 1.23. The van der Waals surface area contributed by atoms with E-state index in [1.165, 1.54) is 36.5 Å². The van der Waals surface area contributed by atoms with E-state index in [1.54, 1.807) is 0 Å². The number of amides is 2. The first-order valence-electron chi connectivity index (χ1n) is 7.59. The van der Waals surface area contributed by atoms with E-state index in [9.17, 15) is 14.0 Å². The van der Waals surface area contributed by atoms with Crippen molar-refractivity contribution in [2.45, 2.75) is 12.5 Å². The molecule has 0 unspecified atom stereocenters. The van der Waals surface area contributed by atoms with E-state index in [2.05, 4.69) is 20.0 Å². The Hall–Kier alpha value is -2.61. The average molecular weight is 367 g/mol. The van der Waals surface area contributed by atoms with Gasteiger partial charge in [0.25, 0.3) is 0 Å². The Morgan fingerprint density at radius 3 is 3.08 bits per heavy atom. The zero-order chi connectivity index (χ0) is 18.0. The molecule has 1 aromatic heterocycles. The number of methoxy groups -OCH3 is 1. The van der Waals surface area contributed by atoms with Crippen molar-refractivity contribution in [3.8, 4) is 0 Å². The number of aromatic amines is 1. The minimum absolute atomic E-state index is 0.244. The van der Waals surface area contributed by atoms with Gasteiger partial charge < -0.3 is 19.9 Å². The Morgan fingerprint density at radius 2 is 2.32 bits per heavy atom. The summed E-state index contributed by atoms with van der Waals surface area (Å²) in [6.07, 6.45) is 2.05. The molecule has 2 N–H and O–H groups in total. The second kappa shape index (κ2) is 7.10. The predicted octanol–water partition coefficient (Wildman–Crippen LogP) is 2.03. The van der Waals surface area contributed by atoms with Gasteiger partial charge in [-0.15, -0.1) is 0 Å². The molecule has 0 fully saturated rings. The molecule has 0 aliphatic carbocycles. The Kier molecular flexibility index (Phi) is 4.89. The van der Waals surface area contributed by atoms with Crippen LogP contribution in [0.15, 0.2) is 24.5 Å². The molecule has 2 amide bonds. The average Bonchev–Trinajstić information content (AvgIpc) is 3.09. The first kappa shape index (κ1) is 17.2. The molecule has 132 valence electrons. The van der Waals surface area contributed by atoms with E-state index in [0.717, 1.165) is 5.69 Å². The van der Waals surface area contributed by atoms with Gasteiger partial charge in [0.1, 0.15) is 18.4 Å². The summed E-state index contributed by atoms with van der Waals surface area (Å²) in [4.78, 5) is 32.5. The smallest absolute Gasteiger partial charge is 0.325 e. The SMILES string of the molecule is COC(=O)CNC(=O)N1CCc2[nH]cnc2[C@H]1c1cc(Cl)ccc1F. The molecule has 1 atom stereocenters. The van der Waals surface area contributed by atoms with Crippen LogP contribution in [0.5, 0.6) is 0 Å². The van der Waals surface area contributed by atoms with Crippen molar-refractivity contribution in [3.05, 3.63) is 52.3 Å². The third-order valence-electron chi connectivity index (χ3n) is 4.05. The quantitative estimate of drug-likeness (QED) is 0.814. The molecular weight excluding hydrogens is 351 g/mol. The van der Waals surface area contributed by atoms with Crippen molar-refractivity contribution in [1.82, 2.24) is 20.2 Å².